The van der Waals surface area contributed by atoms with E-state index in [-0.39, 0.29) is 11.9 Å². The second-order valence-corrected chi connectivity index (χ2v) is 3.63. The summed E-state index contributed by atoms with van der Waals surface area (Å²) < 4.78 is 13.4. The molecule has 0 radical (unpaired) electrons. The molecule has 0 spiro atoms. The van der Waals surface area contributed by atoms with Crippen molar-refractivity contribution in [3.63, 3.8) is 0 Å². The molecule has 2 aromatic rings. The first-order valence-corrected chi connectivity index (χ1v) is 5.01. The van der Waals surface area contributed by atoms with Crippen molar-refractivity contribution in [2.45, 2.75) is 13.0 Å². The number of H-pyrrole nitrogens is 1. The molecule has 1 aromatic heterocycles. The Kier molecular flexibility index (Phi) is 2.96. The molecule has 2 rings (SSSR count). The maximum Gasteiger partial charge on any atom is 0.126 e. The predicted octanol–water partition coefficient (Wildman–Crippen LogP) is 1.56. The van der Waals surface area contributed by atoms with Gasteiger partial charge in [0.25, 0.3) is 0 Å². The Labute approximate surface area is 92.9 Å². The van der Waals surface area contributed by atoms with Crippen molar-refractivity contribution in [3.05, 3.63) is 47.0 Å². The fraction of sp³-hybridized carbons (Fsp3) is 0.273. The van der Waals surface area contributed by atoms with Crippen LogP contribution in [0.2, 0.25) is 0 Å². The molecule has 1 aromatic carbocycles. The standard InChI is InChI=1S/C11H13FN4/c1-7-3-4-8(5-9(7)12)11(13-2)10-6-14-16-15-10/h3-6,11,13H,1-2H3,(H,14,15,16). The summed E-state index contributed by atoms with van der Waals surface area (Å²) in [5.74, 6) is -0.207. The molecule has 0 aliphatic carbocycles. The molecule has 0 saturated heterocycles. The maximum absolute atomic E-state index is 13.4. The van der Waals surface area contributed by atoms with E-state index in [1.807, 2.05) is 6.07 Å². The quantitative estimate of drug-likeness (QED) is 0.825. The van der Waals surface area contributed by atoms with Crippen molar-refractivity contribution in [3.8, 4) is 0 Å². The lowest BCUT2D eigenvalue weighted by Gasteiger charge is -2.14. The summed E-state index contributed by atoms with van der Waals surface area (Å²) in [4.78, 5) is 0. The Morgan fingerprint density at radius 1 is 1.44 bits per heavy atom. The number of aryl methyl sites for hydroxylation is 1. The number of hydrogen-bond acceptors (Lipinski definition) is 3. The van der Waals surface area contributed by atoms with Gasteiger partial charge in [-0.05, 0) is 31.2 Å². The zero-order chi connectivity index (χ0) is 11.5. The number of benzene rings is 1. The van der Waals surface area contributed by atoms with Crippen LogP contribution >= 0.6 is 0 Å². The van der Waals surface area contributed by atoms with E-state index in [2.05, 4.69) is 20.7 Å². The SMILES string of the molecule is CNC(c1ccc(C)c(F)c1)c1cn[nH]n1. The highest BCUT2D eigenvalue weighted by molar-refractivity contribution is 5.30. The van der Waals surface area contributed by atoms with E-state index in [4.69, 9.17) is 0 Å². The Morgan fingerprint density at radius 2 is 2.25 bits per heavy atom. The smallest absolute Gasteiger partial charge is 0.126 e. The highest BCUT2D eigenvalue weighted by Crippen LogP contribution is 2.21. The van der Waals surface area contributed by atoms with Crippen molar-refractivity contribution in [1.82, 2.24) is 20.7 Å². The fourth-order valence-corrected chi connectivity index (χ4v) is 1.62. The van der Waals surface area contributed by atoms with E-state index < -0.39 is 0 Å². The van der Waals surface area contributed by atoms with Crippen LogP contribution in [0.3, 0.4) is 0 Å². The Hall–Kier alpha value is -1.75. The van der Waals surface area contributed by atoms with Crippen molar-refractivity contribution >= 4 is 0 Å². The third-order valence-electron chi connectivity index (χ3n) is 2.55. The molecule has 0 amide bonds. The second-order valence-electron chi connectivity index (χ2n) is 3.63. The molecular formula is C11H13FN4. The minimum atomic E-state index is -0.207. The van der Waals surface area contributed by atoms with Crippen LogP contribution in [0.25, 0.3) is 0 Å². The molecule has 84 valence electrons. The summed E-state index contributed by atoms with van der Waals surface area (Å²) in [6.45, 7) is 1.74. The zero-order valence-corrected chi connectivity index (χ0v) is 9.16. The molecule has 1 unspecified atom stereocenters. The predicted molar refractivity (Wildman–Crippen MR) is 58.4 cm³/mol. The number of aromatic nitrogens is 3. The van der Waals surface area contributed by atoms with Crippen LogP contribution in [-0.2, 0) is 0 Å². The van der Waals surface area contributed by atoms with E-state index in [9.17, 15) is 4.39 Å². The normalized spacial score (nSPS) is 12.7. The van der Waals surface area contributed by atoms with Gasteiger partial charge in [0.05, 0.1) is 12.2 Å². The van der Waals surface area contributed by atoms with Crippen molar-refractivity contribution in [2.75, 3.05) is 7.05 Å². The molecule has 1 heterocycles. The second kappa shape index (κ2) is 4.40. The van der Waals surface area contributed by atoms with Gasteiger partial charge in [0, 0.05) is 0 Å². The van der Waals surface area contributed by atoms with Crippen LogP contribution in [0.1, 0.15) is 22.9 Å². The van der Waals surface area contributed by atoms with Gasteiger partial charge in [-0.15, -0.1) is 0 Å². The van der Waals surface area contributed by atoms with E-state index in [0.29, 0.717) is 5.56 Å². The fourth-order valence-electron chi connectivity index (χ4n) is 1.62. The van der Waals surface area contributed by atoms with Gasteiger partial charge in [0.1, 0.15) is 11.5 Å². The number of rotatable bonds is 3. The Morgan fingerprint density at radius 3 is 2.81 bits per heavy atom. The largest absolute Gasteiger partial charge is 0.308 e. The molecule has 0 aliphatic heterocycles. The van der Waals surface area contributed by atoms with Crippen LogP contribution in [-0.4, -0.2) is 22.5 Å². The van der Waals surface area contributed by atoms with Gasteiger partial charge in [0.15, 0.2) is 0 Å². The molecular weight excluding hydrogens is 207 g/mol. The van der Waals surface area contributed by atoms with Crippen LogP contribution in [0.4, 0.5) is 4.39 Å². The van der Waals surface area contributed by atoms with E-state index in [0.717, 1.165) is 11.3 Å². The monoisotopic (exact) mass is 220 g/mol. The summed E-state index contributed by atoms with van der Waals surface area (Å²) in [7, 11) is 1.80. The van der Waals surface area contributed by atoms with Gasteiger partial charge in [-0.3, -0.25) is 0 Å². The molecule has 1 atom stereocenters. The first kappa shape index (κ1) is 10.8. The lowest BCUT2D eigenvalue weighted by atomic mass is 10.0. The molecule has 16 heavy (non-hydrogen) atoms. The molecule has 0 saturated carbocycles. The third-order valence-corrected chi connectivity index (χ3v) is 2.55. The minimum absolute atomic E-state index is 0.145. The molecule has 0 bridgehead atoms. The van der Waals surface area contributed by atoms with Gasteiger partial charge in [-0.2, -0.15) is 15.4 Å². The lowest BCUT2D eigenvalue weighted by Crippen LogP contribution is -2.18. The van der Waals surface area contributed by atoms with Crippen LogP contribution in [0.5, 0.6) is 0 Å². The van der Waals surface area contributed by atoms with E-state index >= 15 is 0 Å². The molecule has 0 aliphatic rings. The molecule has 2 N–H and O–H groups in total. The van der Waals surface area contributed by atoms with Crippen LogP contribution in [0, 0.1) is 12.7 Å². The first-order chi connectivity index (χ1) is 7.72. The van der Waals surface area contributed by atoms with Gasteiger partial charge in [-0.1, -0.05) is 12.1 Å². The van der Waals surface area contributed by atoms with Crippen LogP contribution in [0.15, 0.2) is 24.4 Å². The maximum atomic E-state index is 13.4. The summed E-state index contributed by atoms with van der Waals surface area (Å²) >= 11 is 0. The number of halogens is 1. The van der Waals surface area contributed by atoms with Gasteiger partial charge in [0.2, 0.25) is 0 Å². The van der Waals surface area contributed by atoms with Crippen LogP contribution < -0.4 is 5.32 Å². The topological polar surface area (TPSA) is 53.6 Å². The van der Waals surface area contributed by atoms with E-state index in [1.54, 1.807) is 26.2 Å². The van der Waals surface area contributed by atoms with E-state index in [1.165, 1.54) is 6.07 Å². The molecule has 0 fully saturated rings. The summed E-state index contributed by atoms with van der Waals surface area (Å²) in [6.07, 6.45) is 1.62. The zero-order valence-electron chi connectivity index (χ0n) is 9.16. The average molecular weight is 220 g/mol. The Bertz CT molecular complexity index is 467. The number of nitrogens with one attached hydrogen (secondary N) is 2. The first-order valence-electron chi connectivity index (χ1n) is 5.01. The summed E-state index contributed by atoms with van der Waals surface area (Å²) in [6, 6.07) is 5.02. The van der Waals surface area contributed by atoms with Crippen molar-refractivity contribution in [1.29, 1.82) is 0 Å². The lowest BCUT2D eigenvalue weighted by molar-refractivity contribution is 0.605. The highest BCUT2D eigenvalue weighted by Gasteiger charge is 2.15. The van der Waals surface area contributed by atoms with Crippen molar-refractivity contribution in [2.24, 2.45) is 0 Å². The van der Waals surface area contributed by atoms with Crippen molar-refractivity contribution < 1.29 is 4.39 Å². The average Bonchev–Trinajstić information content (AvgIpc) is 2.78. The van der Waals surface area contributed by atoms with Gasteiger partial charge < -0.3 is 5.32 Å². The van der Waals surface area contributed by atoms with Gasteiger partial charge >= 0.3 is 0 Å². The van der Waals surface area contributed by atoms with Gasteiger partial charge in [-0.25, -0.2) is 4.39 Å². The Balaban J connectivity index is 2.37. The molecule has 5 heteroatoms. The minimum Gasteiger partial charge on any atom is -0.308 e. The third kappa shape index (κ3) is 1.94. The molecule has 4 nitrogen and oxygen atoms in total. The number of hydrogen-bond donors (Lipinski definition) is 2. The highest BCUT2D eigenvalue weighted by atomic mass is 19.1. The summed E-state index contributed by atoms with van der Waals surface area (Å²) in [5, 5.41) is 13.4. The summed E-state index contributed by atoms with van der Waals surface area (Å²) in [5.41, 5.74) is 2.21. The number of aromatic amines is 1. The number of nitrogens with zero attached hydrogens (tertiary/aromatic N) is 2.